The topological polar surface area (TPSA) is 121 Å². The summed E-state index contributed by atoms with van der Waals surface area (Å²) in [5.41, 5.74) is 5.32. The first-order valence-electron chi connectivity index (χ1n) is 22.9. The fourth-order valence-electron chi connectivity index (χ4n) is 7.57. The first kappa shape index (κ1) is 51.4. The van der Waals surface area contributed by atoms with Gasteiger partial charge in [0.2, 0.25) is 0 Å². The van der Waals surface area contributed by atoms with Crippen LogP contribution >= 0.6 is 0 Å². The summed E-state index contributed by atoms with van der Waals surface area (Å²) in [5, 5.41) is 21.6. The number of hydrogen-bond donors (Lipinski definition) is 2. The fourth-order valence-corrected chi connectivity index (χ4v) is 7.57. The van der Waals surface area contributed by atoms with Crippen LogP contribution in [0, 0.1) is 0 Å². The molecule has 4 unspecified atom stereocenters. The Hall–Kier alpha value is -5.00. The monoisotopic (exact) mass is 902 g/mol. The number of rotatable bonds is 27. The highest BCUT2D eigenvalue weighted by Crippen LogP contribution is 2.19. The van der Waals surface area contributed by atoms with Crippen LogP contribution in [-0.4, -0.2) is 176 Å². The lowest BCUT2D eigenvalue weighted by Crippen LogP contribution is -2.55. The van der Waals surface area contributed by atoms with Crippen molar-refractivity contribution in [3.05, 3.63) is 146 Å². The van der Waals surface area contributed by atoms with E-state index in [0.29, 0.717) is 47.7 Å². The third-order valence-corrected chi connectivity index (χ3v) is 11.8. The molecule has 2 aliphatic heterocycles. The molecule has 2 aliphatic rings. The number of hydrogen-bond acceptors (Lipinski definition) is 10. The SMILES string of the molecule is [B][B]B(Oc1ccc(B([B])c2ccc(O[B]C3CO3)cc2)cc1)C(O)COc1ccc(B(B([B])[B])c2ccc(OCC(O)[B]Oc3ccc(B([B])c4ccc(OB([B][B])C5CO5)cc4)cc3)cc2)cc1. The Balaban J connectivity index is 0.753. The highest BCUT2D eigenvalue weighted by atomic mass is 16.6. The van der Waals surface area contributed by atoms with Gasteiger partial charge in [-0.1, -0.05) is 106 Å². The normalized spacial score (nSPS) is 15.1. The smallest absolute Gasteiger partial charge is 0.404 e. The van der Waals surface area contributed by atoms with Crippen molar-refractivity contribution < 1.29 is 47.8 Å². The molecule has 70 heavy (non-hydrogen) atoms. The Morgan fingerprint density at radius 3 is 1.36 bits per heavy atom. The predicted molar refractivity (Wildman–Crippen MR) is 294 cm³/mol. The standard InChI is InChI=1S/C44H38B16O10/c45-53-58(69-39-21-5-31(6-22-39)56(48)30-3-19-38(20-4-30)68-52-42-26-65-42)43(62)27-64-36-15-11-34(12-16-36)57(60(49)50)33-9-13-35(14-10-33)63-25-41(61)51-67-37-17-1-29(2-18-37)55(47)32-7-23-40(24-8-32)70-59(54-46)44-28-66-44/h1-24,41-44,61-62H,25-28H2. The van der Waals surface area contributed by atoms with Crippen molar-refractivity contribution in [1.29, 1.82) is 0 Å². The van der Waals surface area contributed by atoms with Crippen molar-refractivity contribution in [2.24, 2.45) is 0 Å². The van der Waals surface area contributed by atoms with E-state index in [1.54, 1.807) is 56.0 Å². The summed E-state index contributed by atoms with van der Waals surface area (Å²) in [6.07, 6.45) is -0.720. The molecule has 10 nitrogen and oxygen atoms in total. The Kier molecular flexibility index (Phi) is 18.3. The van der Waals surface area contributed by atoms with Crippen molar-refractivity contribution in [3.8, 4) is 34.5 Å². The van der Waals surface area contributed by atoms with Gasteiger partial charge in [0.15, 0.2) is 19.8 Å². The van der Waals surface area contributed by atoms with Crippen molar-refractivity contribution in [2.75, 3.05) is 26.4 Å². The van der Waals surface area contributed by atoms with Gasteiger partial charge in [-0.15, -0.1) is 0 Å². The third-order valence-electron chi connectivity index (χ3n) is 11.8. The van der Waals surface area contributed by atoms with Gasteiger partial charge < -0.3 is 47.8 Å². The van der Waals surface area contributed by atoms with Crippen LogP contribution in [0.1, 0.15) is 0 Å². The molecule has 2 fully saturated rings. The molecule has 0 saturated carbocycles. The van der Waals surface area contributed by atoms with E-state index in [0.717, 1.165) is 32.8 Å². The van der Waals surface area contributed by atoms with Crippen LogP contribution in [0.3, 0.4) is 0 Å². The number of aliphatic hydroxyl groups excluding tert-OH is 2. The first-order chi connectivity index (χ1) is 34.0. The predicted octanol–water partition coefficient (Wildman–Crippen LogP) is -3.28. The van der Waals surface area contributed by atoms with Crippen molar-refractivity contribution in [1.82, 2.24) is 0 Å². The van der Waals surface area contributed by atoms with E-state index in [1.165, 1.54) is 21.6 Å². The first-order valence-corrected chi connectivity index (χ1v) is 22.9. The van der Waals surface area contributed by atoms with Gasteiger partial charge in [0, 0.05) is 52.8 Å². The highest BCUT2D eigenvalue weighted by molar-refractivity contribution is 7.63. The zero-order valence-electron chi connectivity index (χ0n) is 38.4. The van der Waals surface area contributed by atoms with E-state index in [9.17, 15) is 10.2 Å². The van der Waals surface area contributed by atoms with Crippen molar-refractivity contribution in [3.63, 3.8) is 0 Å². The van der Waals surface area contributed by atoms with Crippen LogP contribution in [-0.2, 0) is 9.47 Å². The molecule has 0 spiro atoms. The van der Waals surface area contributed by atoms with E-state index in [2.05, 4.69) is 0 Å². The Morgan fingerprint density at radius 2 is 0.929 bits per heavy atom. The molecule has 0 aromatic heterocycles. The van der Waals surface area contributed by atoms with E-state index in [1.807, 2.05) is 97.1 Å². The van der Waals surface area contributed by atoms with Gasteiger partial charge >= 0.3 is 28.6 Å². The van der Waals surface area contributed by atoms with Gasteiger partial charge in [-0.25, -0.2) is 0 Å². The molecule has 0 amide bonds. The summed E-state index contributed by atoms with van der Waals surface area (Å²) in [5.74, 6) is 3.48. The number of benzene rings is 6. The van der Waals surface area contributed by atoms with Crippen LogP contribution in [0.4, 0.5) is 0 Å². The largest absolute Gasteiger partial charge is 0.567 e. The zero-order chi connectivity index (χ0) is 49.0. The molecule has 2 saturated heterocycles. The van der Waals surface area contributed by atoms with E-state index >= 15 is 0 Å². The van der Waals surface area contributed by atoms with Gasteiger partial charge in [-0.05, 0) is 72.8 Å². The molecule has 26 heteroatoms. The lowest BCUT2D eigenvalue weighted by atomic mass is 8.90. The molecule has 4 atom stereocenters. The highest BCUT2D eigenvalue weighted by Gasteiger charge is 2.37. The average molecular weight is 900 g/mol. The van der Waals surface area contributed by atoms with E-state index < -0.39 is 25.2 Å². The minimum Gasteiger partial charge on any atom is -0.567 e. The molecular formula is C44H38B16O10. The summed E-state index contributed by atoms with van der Waals surface area (Å²) in [6.45, 7) is -1.04. The van der Waals surface area contributed by atoms with E-state index in [4.69, 9.17) is 84.0 Å². The van der Waals surface area contributed by atoms with Gasteiger partial charge in [-0.2, -0.15) is 0 Å². The van der Waals surface area contributed by atoms with Gasteiger partial charge in [0.25, 0.3) is 0 Å². The van der Waals surface area contributed by atoms with Gasteiger partial charge in [0.1, 0.15) is 30.7 Å². The second kappa shape index (κ2) is 24.9. The van der Waals surface area contributed by atoms with Gasteiger partial charge in [0.05, 0.1) is 68.3 Å². The van der Waals surface area contributed by atoms with Gasteiger partial charge in [-0.3, -0.25) is 0 Å². The van der Waals surface area contributed by atoms with Crippen LogP contribution < -0.4 is 60.9 Å². The minimum atomic E-state index is -1.08. The Bertz CT molecular complexity index is 2520. The maximum Gasteiger partial charge on any atom is 0.404 e. The molecule has 0 bridgehead atoms. The van der Waals surface area contributed by atoms with Crippen LogP contribution in [0.25, 0.3) is 0 Å². The molecule has 2 heterocycles. The lowest BCUT2D eigenvalue weighted by molar-refractivity contribution is 0.156. The molecule has 6 aromatic carbocycles. The third kappa shape index (κ3) is 14.6. The molecule has 6 aromatic rings. The molecule has 322 valence electrons. The number of aliphatic hydroxyl groups is 2. The summed E-state index contributed by atoms with van der Waals surface area (Å²) in [4.78, 5) is 0. The second-order valence-corrected chi connectivity index (χ2v) is 17.0. The van der Waals surface area contributed by atoms with Crippen LogP contribution in [0.15, 0.2) is 146 Å². The summed E-state index contributed by atoms with van der Waals surface area (Å²) < 4.78 is 45.4. The molecule has 16 radical (unpaired) electrons. The average Bonchev–Trinajstić information content (AvgIpc) is 4.35. The summed E-state index contributed by atoms with van der Waals surface area (Å²) in [7, 11) is 43.0. The van der Waals surface area contributed by atoms with Crippen LogP contribution in [0.2, 0.25) is 0 Å². The molecule has 0 aliphatic carbocycles. The fraction of sp³-hybridized carbons (Fsp3) is 0.182. The molecular weight excluding hydrogens is 861 g/mol. The molecule has 8 rings (SSSR count). The lowest BCUT2D eigenvalue weighted by Gasteiger charge is -2.22. The maximum absolute atomic E-state index is 11.0. The molecule has 2 N–H and O–H groups in total. The maximum atomic E-state index is 11.0. The minimum absolute atomic E-state index is 0.00340. The van der Waals surface area contributed by atoms with Crippen molar-refractivity contribution in [2.45, 2.75) is 24.0 Å². The second-order valence-electron chi connectivity index (χ2n) is 17.0. The van der Waals surface area contributed by atoms with Crippen LogP contribution in [0.5, 0.6) is 34.5 Å². The Morgan fingerprint density at radius 1 is 0.514 bits per heavy atom. The summed E-state index contributed by atoms with van der Waals surface area (Å²) >= 11 is 0. The number of epoxide rings is 2. The Labute approximate surface area is 424 Å². The summed E-state index contributed by atoms with van der Waals surface area (Å²) in [6, 6.07) is 42.4. The zero-order valence-corrected chi connectivity index (χ0v) is 38.4. The van der Waals surface area contributed by atoms with E-state index in [-0.39, 0.29) is 51.8 Å². The quantitative estimate of drug-likeness (QED) is 0.0403. The number of ether oxygens (including phenoxy) is 4. The van der Waals surface area contributed by atoms with Crippen molar-refractivity contribution >= 4 is 148 Å².